The van der Waals surface area contributed by atoms with E-state index in [9.17, 15) is 9.90 Å². The summed E-state index contributed by atoms with van der Waals surface area (Å²) < 4.78 is 0.821. The molecule has 0 saturated heterocycles. The van der Waals surface area contributed by atoms with Crippen LogP contribution in [0, 0.1) is 0 Å². The van der Waals surface area contributed by atoms with Gasteiger partial charge in [0.15, 0.2) is 0 Å². The Bertz CT molecular complexity index is 622. The van der Waals surface area contributed by atoms with E-state index in [2.05, 4.69) is 26.2 Å². The molecule has 2 rings (SSSR count). The number of anilines is 1. The average Bonchev–Trinajstić information content (AvgIpc) is 2.49. The van der Waals surface area contributed by atoms with Crippen LogP contribution in [0.3, 0.4) is 0 Å². The van der Waals surface area contributed by atoms with Gasteiger partial charge in [0.2, 0.25) is 5.91 Å². The number of carbonyl (C=O) groups excluding carboxylic acids is 1. The Morgan fingerprint density at radius 2 is 2.19 bits per heavy atom. The Kier molecular flexibility index (Phi) is 5.73. The Balaban J connectivity index is 2.24. The largest absolute Gasteiger partial charge is 0.388 e. The molecule has 4 nitrogen and oxygen atoms in total. The third-order valence-electron chi connectivity index (χ3n) is 2.90. The smallest absolute Gasteiger partial charge is 0.239 e. The highest BCUT2D eigenvalue weighted by molar-refractivity contribution is 9.10. The molecule has 1 aromatic heterocycles. The van der Waals surface area contributed by atoms with Crippen molar-refractivity contribution in [3.63, 3.8) is 0 Å². The summed E-state index contributed by atoms with van der Waals surface area (Å²) >= 11 is 8.87. The van der Waals surface area contributed by atoms with Crippen molar-refractivity contribution in [1.29, 1.82) is 0 Å². The van der Waals surface area contributed by atoms with Crippen LogP contribution in [0.25, 0.3) is 0 Å². The zero-order chi connectivity index (χ0) is 15.2. The fourth-order valence-electron chi connectivity index (χ4n) is 1.93. The fourth-order valence-corrected chi connectivity index (χ4v) is 2.38. The summed E-state index contributed by atoms with van der Waals surface area (Å²) in [5.74, 6) is -0.448. The Hall–Kier alpha value is -1.43. The van der Waals surface area contributed by atoms with Gasteiger partial charge >= 0.3 is 0 Å². The number of nitrogens with zero attached hydrogens (tertiary/aromatic N) is 1. The molecule has 1 amide bonds. The zero-order valence-electron chi connectivity index (χ0n) is 11.1. The molecule has 1 heterocycles. The number of aromatic nitrogens is 1. The van der Waals surface area contributed by atoms with Gasteiger partial charge in [0.1, 0.15) is 5.88 Å². The third-order valence-corrected chi connectivity index (χ3v) is 3.63. The van der Waals surface area contributed by atoms with Gasteiger partial charge in [-0.05, 0) is 30.3 Å². The monoisotopic (exact) mass is 368 g/mol. The summed E-state index contributed by atoms with van der Waals surface area (Å²) in [6, 6.07) is 10.8. The van der Waals surface area contributed by atoms with E-state index >= 15 is 0 Å². The first-order valence-electron chi connectivity index (χ1n) is 6.33. The second-order valence-electron chi connectivity index (χ2n) is 4.45. The number of aliphatic hydroxyl groups is 1. The predicted molar refractivity (Wildman–Crippen MR) is 86.4 cm³/mol. The van der Waals surface area contributed by atoms with Crippen molar-refractivity contribution in [2.24, 2.45) is 0 Å². The molecule has 2 N–H and O–H groups in total. The normalized spacial score (nSPS) is 12.0. The number of rotatable bonds is 5. The lowest BCUT2D eigenvalue weighted by Gasteiger charge is -2.16. The second kappa shape index (κ2) is 7.54. The molecule has 21 heavy (non-hydrogen) atoms. The number of halogens is 2. The minimum atomic E-state index is -0.775. The molecule has 0 spiro atoms. The minimum Gasteiger partial charge on any atom is -0.388 e. The molecular formula is C15H14BrClN2O2. The van der Waals surface area contributed by atoms with E-state index in [-0.39, 0.29) is 11.8 Å². The Morgan fingerprint density at radius 3 is 2.86 bits per heavy atom. The number of hydrogen-bond acceptors (Lipinski definition) is 3. The van der Waals surface area contributed by atoms with Crippen LogP contribution in [0.2, 0.25) is 0 Å². The summed E-state index contributed by atoms with van der Waals surface area (Å²) in [5.41, 5.74) is 1.94. The Morgan fingerprint density at radius 1 is 1.38 bits per heavy atom. The van der Waals surface area contributed by atoms with Gasteiger partial charge in [0.05, 0.1) is 6.10 Å². The van der Waals surface area contributed by atoms with Crippen LogP contribution in [-0.4, -0.2) is 21.9 Å². The molecule has 0 aliphatic carbocycles. The zero-order valence-corrected chi connectivity index (χ0v) is 13.4. The molecule has 2 aromatic rings. The Labute approximate surface area is 136 Å². The maximum absolute atomic E-state index is 11.5. The molecule has 1 unspecified atom stereocenters. The van der Waals surface area contributed by atoms with Gasteiger partial charge in [-0.2, -0.15) is 0 Å². The van der Waals surface area contributed by atoms with Crippen LogP contribution in [0.5, 0.6) is 0 Å². The molecule has 1 aromatic carbocycles. The van der Waals surface area contributed by atoms with Crippen molar-refractivity contribution in [2.75, 3.05) is 11.2 Å². The van der Waals surface area contributed by atoms with E-state index in [1.165, 1.54) is 0 Å². The summed E-state index contributed by atoms with van der Waals surface area (Å²) in [5, 5.41) is 13.1. The SMILES string of the molecule is O=C(CCl)Nc1ccc(Br)cc1C(O)Cc1ccccn1. The molecule has 0 fully saturated rings. The molecule has 0 radical (unpaired) electrons. The van der Waals surface area contributed by atoms with Crippen molar-refractivity contribution >= 4 is 39.1 Å². The number of carbonyl (C=O) groups is 1. The first-order valence-corrected chi connectivity index (χ1v) is 7.66. The van der Waals surface area contributed by atoms with Gasteiger partial charge < -0.3 is 10.4 Å². The summed E-state index contributed by atoms with van der Waals surface area (Å²) in [4.78, 5) is 15.6. The average molecular weight is 370 g/mol. The third kappa shape index (κ3) is 4.52. The van der Waals surface area contributed by atoms with E-state index in [0.717, 1.165) is 10.2 Å². The van der Waals surface area contributed by atoms with Crippen LogP contribution in [0.1, 0.15) is 17.4 Å². The number of nitrogens with one attached hydrogen (secondary N) is 1. The van der Waals surface area contributed by atoms with E-state index in [0.29, 0.717) is 17.7 Å². The van der Waals surface area contributed by atoms with Crippen LogP contribution in [-0.2, 0) is 11.2 Å². The molecule has 0 saturated carbocycles. The highest BCUT2D eigenvalue weighted by Crippen LogP contribution is 2.28. The maximum Gasteiger partial charge on any atom is 0.239 e. The van der Waals surface area contributed by atoms with Crippen molar-refractivity contribution in [2.45, 2.75) is 12.5 Å². The number of amides is 1. The molecule has 0 aliphatic rings. The molecule has 1 atom stereocenters. The number of aliphatic hydroxyl groups excluding tert-OH is 1. The molecule has 0 aliphatic heterocycles. The van der Waals surface area contributed by atoms with Crippen molar-refractivity contribution < 1.29 is 9.90 Å². The van der Waals surface area contributed by atoms with Gasteiger partial charge in [-0.1, -0.05) is 22.0 Å². The summed E-state index contributed by atoms with van der Waals surface area (Å²) in [6.45, 7) is 0. The number of alkyl halides is 1. The standard InChI is InChI=1S/C15H14BrClN2O2/c16-10-4-5-13(19-15(21)9-17)12(7-10)14(20)8-11-3-1-2-6-18-11/h1-7,14,20H,8-9H2,(H,19,21). The van der Waals surface area contributed by atoms with Gasteiger partial charge in [-0.15, -0.1) is 11.6 Å². The van der Waals surface area contributed by atoms with Crippen LogP contribution >= 0.6 is 27.5 Å². The summed E-state index contributed by atoms with van der Waals surface area (Å²) in [7, 11) is 0. The van der Waals surface area contributed by atoms with Crippen LogP contribution in [0.4, 0.5) is 5.69 Å². The predicted octanol–water partition coefficient (Wildman–Crippen LogP) is 3.30. The highest BCUT2D eigenvalue weighted by Gasteiger charge is 2.15. The first kappa shape index (κ1) is 15.9. The number of hydrogen-bond donors (Lipinski definition) is 2. The molecule has 110 valence electrons. The highest BCUT2D eigenvalue weighted by atomic mass is 79.9. The molecule has 0 bridgehead atoms. The lowest BCUT2D eigenvalue weighted by molar-refractivity contribution is -0.113. The second-order valence-corrected chi connectivity index (χ2v) is 5.64. The van der Waals surface area contributed by atoms with Crippen molar-refractivity contribution in [1.82, 2.24) is 4.98 Å². The van der Waals surface area contributed by atoms with Gasteiger partial charge in [0, 0.05) is 34.0 Å². The quantitative estimate of drug-likeness (QED) is 0.795. The topological polar surface area (TPSA) is 62.2 Å². The number of benzene rings is 1. The van der Waals surface area contributed by atoms with Gasteiger partial charge in [-0.3, -0.25) is 9.78 Å². The van der Waals surface area contributed by atoms with Gasteiger partial charge in [-0.25, -0.2) is 0 Å². The number of pyridine rings is 1. The molecular weight excluding hydrogens is 356 g/mol. The van der Waals surface area contributed by atoms with Crippen molar-refractivity contribution in [3.05, 3.63) is 58.3 Å². The maximum atomic E-state index is 11.5. The lowest BCUT2D eigenvalue weighted by Crippen LogP contribution is -2.15. The minimum absolute atomic E-state index is 0.133. The van der Waals surface area contributed by atoms with Crippen molar-refractivity contribution in [3.8, 4) is 0 Å². The van der Waals surface area contributed by atoms with Crippen LogP contribution < -0.4 is 5.32 Å². The van der Waals surface area contributed by atoms with Crippen LogP contribution in [0.15, 0.2) is 47.1 Å². The van der Waals surface area contributed by atoms with E-state index in [1.54, 1.807) is 24.4 Å². The molecule has 6 heteroatoms. The van der Waals surface area contributed by atoms with E-state index in [4.69, 9.17) is 11.6 Å². The fraction of sp³-hybridized carbons (Fsp3) is 0.200. The van der Waals surface area contributed by atoms with E-state index < -0.39 is 6.10 Å². The first-order chi connectivity index (χ1) is 10.1. The lowest BCUT2D eigenvalue weighted by atomic mass is 10.0. The van der Waals surface area contributed by atoms with Gasteiger partial charge in [0.25, 0.3) is 0 Å². The summed E-state index contributed by atoms with van der Waals surface area (Å²) in [6.07, 6.45) is 1.27. The van der Waals surface area contributed by atoms with E-state index in [1.807, 2.05) is 18.2 Å².